The molecule has 1 saturated heterocycles. The predicted octanol–water partition coefficient (Wildman–Crippen LogP) is 0.828. The fourth-order valence-corrected chi connectivity index (χ4v) is 2.93. The highest BCUT2D eigenvalue weighted by atomic mass is 15.0. The van der Waals surface area contributed by atoms with Crippen molar-refractivity contribution in [2.24, 2.45) is 16.8 Å². The smallest absolute Gasteiger partial charge is 0.0677 e. The van der Waals surface area contributed by atoms with Crippen LogP contribution in [0.2, 0.25) is 0 Å². The first-order valence-electron chi connectivity index (χ1n) is 4.70. The summed E-state index contributed by atoms with van der Waals surface area (Å²) < 4.78 is 0. The van der Waals surface area contributed by atoms with Gasteiger partial charge in [0.05, 0.1) is 6.04 Å². The first-order valence-corrected chi connectivity index (χ1v) is 4.70. The lowest BCUT2D eigenvalue weighted by molar-refractivity contribution is 0.153. The van der Waals surface area contributed by atoms with Crippen molar-refractivity contribution in [1.29, 1.82) is 0 Å². The normalized spacial score (nSPS) is 53.1. The van der Waals surface area contributed by atoms with Gasteiger partial charge in [0.1, 0.15) is 0 Å². The Morgan fingerprint density at radius 3 is 3.09 bits per heavy atom. The molecule has 3 aliphatic heterocycles. The zero-order chi connectivity index (χ0) is 7.26. The number of aliphatic imine (C=N–C) groups is 1. The van der Waals surface area contributed by atoms with Crippen molar-refractivity contribution in [3.05, 3.63) is 0 Å². The van der Waals surface area contributed by atoms with E-state index in [1.54, 1.807) is 0 Å². The standard InChI is InChI=1S/C9H14N2/c1-2-10-8-4-6-3-7(1)9(8)11-5-6/h5-10H,1-4H2. The zero-order valence-electron chi connectivity index (χ0n) is 6.66. The molecule has 4 atom stereocenters. The molecular formula is C9H14N2. The van der Waals surface area contributed by atoms with Crippen molar-refractivity contribution in [1.82, 2.24) is 5.32 Å². The van der Waals surface area contributed by atoms with Crippen molar-refractivity contribution in [2.45, 2.75) is 31.3 Å². The summed E-state index contributed by atoms with van der Waals surface area (Å²) in [5, 5.41) is 3.57. The lowest BCUT2D eigenvalue weighted by Gasteiger charge is -2.46. The Morgan fingerprint density at radius 2 is 2.36 bits per heavy atom. The van der Waals surface area contributed by atoms with Crippen LogP contribution in [0.15, 0.2) is 4.99 Å². The molecule has 1 aliphatic carbocycles. The van der Waals surface area contributed by atoms with E-state index in [-0.39, 0.29) is 0 Å². The molecule has 0 spiro atoms. The molecule has 0 amide bonds. The maximum atomic E-state index is 4.59. The van der Waals surface area contributed by atoms with Crippen LogP contribution in [0.4, 0.5) is 0 Å². The quantitative estimate of drug-likeness (QED) is 0.543. The van der Waals surface area contributed by atoms with Gasteiger partial charge in [0.25, 0.3) is 0 Å². The van der Waals surface area contributed by atoms with Crippen molar-refractivity contribution in [3.8, 4) is 0 Å². The van der Waals surface area contributed by atoms with Gasteiger partial charge in [-0.2, -0.15) is 0 Å². The monoisotopic (exact) mass is 150 g/mol. The van der Waals surface area contributed by atoms with E-state index in [0.717, 1.165) is 17.9 Å². The van der Waals surface area contributed by atoms with Crippen LogP contribution < -0.4 is 5.32 Å². The van der Waals surface area contributed by atoms with Crippen molar-refractivity contribution >= 4 is 6.21 Å². The Balaban J connectivity index is 1.96. The predicted molar refractivity (Wildman–Crippen MR) is 44.9 cm³/mol. The summed E-state index contributed by atoms with van der Waals surface area (Å²) in [4.78, 5) is 4.59. The molecule has 2 fully saturated rings. The van der Waals surface area contributed by atoms with Gasteiger partial charge >= 0.3 is 0 Å². The molecule has 2 nitrogen and oxygen atoms in total. The molecule has 0 radical (unpaired) electrons. The summed E-state index contributed by atoms with van der Waals surface area (Å²) in [7, 11) is 0. The highest BCUT2D eigenvalue weighted by Crippen LogP contribution is 2.38. The number of rotatable bonds is 0. The minimum atomic E-state index is 0.647. The third kappa shape index (κ3) is 0.791. The number of hydrogen-bond acceptors (Lipinski definition) is 2. The molecular weight excluding hydrogens is 136 g/mol. The SMILES string of the molecule is C1=NC2C3CCNC2CC1C3. The minimum absolute atomic E-state index is 0.647. The molecule has 0 aromatic carbocycles. The number of piperidine rings is 1. The average Bonchev–Trinajstić information content (AvgIpc) is 2.05. The van der Waals surface area contributed by atoms with Crippen LogP contribution in [0.3, 0.4) is 0 Å². The van der Waals surface area contributed by atoms with Crippen LogP contribution in [-0.2, 0) is 0 Å². The first kappa shape index (κ1) is 6.18. The van der Waals surface area contributed by atoms with Crippen molar-refractivity contribution < 1.29 is 0 Å². The molecule has 1 N–H and O–H groups in total. The topological polar surface area (TPSA) is 24.4 Å². The molecule has 4 bridgehead atoms. The Morgan fingerprint density at radius 1 is 1.36 bits per heavy atom. The summed E-state index contributed by atoms with van der Waals surface area (Å²) in [6.07, 6.45) is 6.33. The maximum absolute atomic E-state index is 4.59. The molecule has 4 unspecified atom stereocenters. The van der Waals surface area contributed by atoms with E-state index in [4.69, 9.17) is 0 Å². The van der Waals surface area contributed by atoms with Crippen LogP contribution in [0.25, 0.3) is 0 Å². The fourth-order valence-electron chi connectivity index (χ4n) is 2.93. The molecule has 1 saturated carbocycles. The summed E-state index contributed by atoms with van der Waals surface area (Å²) in [5.74, 6) is 1.73. The second kappa shape index (κ2) is 2.07. The maximum Gasteiger partial charge on any atom is 0.0677 e. The summed E-state index contributed by atoms with van der Waals surface area (Å²) in [5.41, 5.74) is 0. The van der Waals surface area contributed by atoms with E-state index < -0.39 is 0 Å². The van der Waals surface area contributed by atoms with Crippen LogP contribution in [-0.4, -0.2) is 24.8 Å². The summed E-state index contributed by atoms with van der Waals surface area (Å²) >= 11 is 0. The van der Waals surface area contributed by atoms with Crippen LogP contribution in [0, 0.1) is 11.8 Å². The van der Waals surface area contributed by atoms with Gasteiger partial charge in [-0.1, -0.05) is 0 Å². The summed E-state index contributed by atoms with van der Waals surface area (Å²) in [6, 6.07) is 1.38. The zero-order valence-corrected chi connectivity index (χ0v) is 6.66. The minimum Gasteiger partial charge on any atom is -0.312 e. The summed E-state index contributed by atoms with van der Waals surface area (Å²) in [6.45, 7) is 1.23. The van der Waals surface area contributed by atoms with Gasteiger partial charge in [-0.15, -0.1) is 0 Å². The second-order valence-electron chi connectivity index (χ2n) is 4.13. The van der Waals surface area contributed by atoms with E-state index in [1.807, 2.05) is 0 Å². The van der Waals surface area contributed by atoms with Crippen LogP contribution in [0.5, 0.6) is 0 Å². The molecule has 0 aromatic heterocycles. The van der Waals surface area contributed by atoms with Crippen molar-refractivity contribution in [3.63, 3.8) is 0 Å². The van der Waals surface area contributed by atoms with E-state index in [0.29, 0.717) is 6.04 Å². The van der Waals surface area contributed by atoms with E-state index >= 15 is 0 Å². The molecule has 11 heavy (non-hydrogen) atoms. The Bertz CT molecular complexity index is 186. The molecule has 3 heterocycles. The van der Waals surface area contributed by atoms with Gasteiger partial charge in [0.2, 0.25) is 0 Å². The third-order valence-electron chi connectivity index (χ3n) is 3.45. The molecule has 4 rings (SSSR count). The van der Waals surface area contributed by atoms with E-state index in [9.17, 15) is 0 Å². The highest BCUT2D eigenvalue weighted by molar-refractivity contribution is 5.63. The van der Waals surface area contributed by atoms with Gasteiger partial charge in [-0.25, -0.2) is 0 Å². The molecule has 0 aromatic rings. The lowest BCUT2D eigenvalue weighted by Crippen LogP contribution is -2.56. The molecule has 60 valence electrons. The first-order chi connectivity index (χ1) is 5.43. The van der Waals surface area contributed by atoms with Gasteiger partial charge in [-0.05, 0) is 37.6 Å². The number of nitrogens with zero attached hydrogens (tertiary/aromatic N) is 1. The van der Waals surface area contributed by atoms with E-state index in [1.165, 1.54) is 25.8 Å². The number of nitrogens with one attached hydrogen (secondary N) is 1. The van der Waals surface area contributed by atoms with Gasteiger partial charge in [-0.3, -0.25) is 4.99 Å². The fraction of sp³-hybridized carbons (Fsp3) is 0.889. The largest absolute Gasteiger partial charge is 0.312 e. The third-order valence-corrected chi connectivity index (χ3v) is 3.45. The second-order valence-corrected chi connectivity index (χ2v) is 4.13. The van der Waals surface area contributed by atoms with E-state index in [2.05, 4.69) is 16.5 Å². The highest BCUT2D eigenvalue weighted by Gasteiger charge is 2.42. The average molecular weight is 150 g/mol. The van der Waals surface area contributed by atoms with Gasteiger partial charge < -0.3 is 5.32 Å². The Labute approximate surface area is 67.1 Å². The van der Waals surface area contributed by atoms with Crippen LogP contribution >= 0.6 is 0 Å². The molecule has 2 heteroatoms. The lowest BCUT2D eigenvalue weighted by atomic mass is 9.70. The van der Waals surface area contributed by atoms with Crippen LogP contribution in [0.1, 0.15) is 19.3 Å². The Kier molecular flexibility index (Phi) is 1.16. The van der Waals surface area contributed by atoms with Gasteiger partial charge in [0, 0.05) is 12.3 Å². The number of hydrogen-bond donors (Lipinski definition) is 1. The van der Waals surface area contributed by atoms with Crippen molar-refractivity contribution in [2.75, 3.05) is 6.54 Å². The molecule has 4 aliphatic rings. The Hall–Kier alpha value is -0.370. The van der Waals surface area contributed by atoms with Gasteiger partial charge in [0.15, 0.2) is 0 Å².